The predicted molar refractivity (Wildman–Crippen MR) is 155 cm³/mol. The molecule has 220 valence electrons. The monoisotopic (exact) mass is 562 g/mol. The van der Waals surface area contributed by atoms with Gasteiger partial charge in [-0.25, -0.2) is 0 Å². The van der Waals surface area contributed by atoms with Crippen LogP contribution in [-0.4, -0.2) is 83.4 Å². The topological polar surface area (TPSA) is 113 Å². The summed E-state index contributed by atoms with van der Waals surface area (Å²) in [6.45, 7) is 2.15. The van der Waals surface area contributed by atoms with Crippen LogP contribution in [-0.2, 0) is 9.53 Å². The van der Waals surface area contributed by atoms with E-state index in [9.17, 15) is 14.7 Å². The van der Waals surface area contributed by atoms with Gasteiger partial charge in [-0.15, -0.1) is 0 Å². The molecule has 4 heterocycles. The fourth-order valence-corrected chi connectivity index (χ4v) is 6.96. The normalized spacial score (nSPS) is 30.1. The first-order valence-electron chi connectivity index (χ1n) is 15.4. The van der Waals surface area contributed by atoms with Crippen LogP contribution in [0, 0.1) is 5.92 Å². The molecule has 3 N–H and O–H groups in total. The van der Waals surface area contributed by atoms with Crippen LogP contribution in [0.1, 0.15) is 68.1 Å². The smallest absolute Gasteiger partial charge is 0.255 e. The molecule has 3 aliphatic heterocycles. The van der Waals surface area contributed by atoms with Gasteiger partial charge in [0.15, 0.2) is 0 Å². The Hall–Kier alpha value is -3.01. The van der Waals surface area contributed by atoms with E-state index in [2.05, 4.69) is 20.5 Å². The highest BCUT2D eigenvalue weighted by Gasteiger charge is 2.40. The number of aliphatic hydroxyl groups is 1. The third-order valence-electron chi connectivity index (χ3n) is 9.25. The van der Waals surface area contributed by atoms with Gasteiger partial charge in [0.05, 0.1) is 30.4 Å². The van der Waals surface area contributed by atoms with Crippen molar-refractivity contribution in [1.82, 2.24) is 20.5 Å². The largest absolute Gasteiger partial charge is 0.493 e. The predicted octanol–water partition coefficient (Wildman–Crippen LogP) is 3.31. The molecule has 5 atom stereocenters. The lowest BCUT2D eigenvalue weighted by atomic mass is 9.89. The molecule has 6 rings (SSSR count). The van der Waals surface area contributed by atoms with Crippen molar-refractivity contribution in [2.24, 2.45) is 5.92 Å². The van der Waals surface area contributed by atoms with Gasteiger partial charge in [-0.3, -0.25) is 19.5 Å². The van der Waals surface area contributed by atoms with Gasteiger partial charge < -0.3 is 25.2 Å². The standard InChI is InChI=1S/C32H42N4O5/c37-28-9-7-25-12-15-40-29-16-23(22-10-13-33-14-11-22)6-8-26(29)31(38)35-24-17-27(32(39)34-18-30(28)41-25)36(20-24)19-21-4-2-1-3-5-21/h6,8,10-11,13-14,16,21,24-25,27-28,30,37H,1-5,7,9,12,15,17-20H2,(H,34,39)(H,35,38)/t24-,25-,27-,28-,30+/m0/s1. The highest BCUT2D eigenvalue weighted by molar-refractivity contribution is 5.98. The molecule has 9 heteroatoms. The second kappa shape index (κ2) is 12.9. The number of amides is 2. The molecule has 0 radical (unpaired) electrons. The molecule has 1 saturated carbocycles. The summed E-state index contributed by atoms with van der Waals surface area (Å²) in [5, 5.41) is 16.9. The minimum Gasteiger partial charge on any atom is -0.493 e. The molecule has 4 aliphatic rings. The van der Waals surface area contributed by atoms with E-state index in [1.165, 1.54) is 32.1 Å². The van der Waals surface area contributed by atoms with Crippen molar-refractivity contribution >= 4 is 11.8 Å². The Morgan fingerprint density at radius 3 is 2.63 bits per heavy atom. The van der Waals surface area contributed by atoms with Gasteiger partial charge in [0.2, 0.25) is 5.91 Å². The van der Waals surface area contributed by atoms with E-state index in [0.29, 0.717) is 49.6 Å². The summed E-state index contributed by atoms with van der Waals surface area (Å²) in [5.41, 5.74) is 2.43. The number of nitrogens with one attached hydrogen (secondary N) is 2. The third kappa shape index (κ3) is 6.74. The number of rotatable bonds is 3. The Morgan fingerprint density at radius 2 is 1.80 bits per heavy atom. The van der Waals surface area contributed by atoms with Gasteiger partial charge in [0, 0.05) is 44.5 Å². The van der Waals surface area contributed by atoms with Gasteiger partial charge in [0.1, 0.15) is 11.9 Å². The Bertz CT molecular complexity index is 1200. The van der Waals surface area contributed by atoms with Crippen molar-refractivity contribution in [2.75, 3.05) is 26.2 Å². The molecular formula is C32H42N4O5. The molecule has 4 bridgehead atoms. The molecule has 2 amide bonds. The van der Waals surface area contributed by atoms with Crippen LogP contribution in [0.5, 0.6) is 5.75 Å². The number of nitrogens with zero attached hydrogens (tertiary/aromatic N) is 2. The number of benzene rings is 1. The minimum absolute atomic E-state index is 0.0479. The van der Waals surface area contributed by atoms with Crippen LogP contribution in [0.25, 0.3) is 11.1 Å². The lowest BCUT2D eigenvalue weighted by Gasteiger charge is -2.35. The zero-order valence-corrected chi connectivity index (χ0v) is 23.7. The van der Waals surface area contributed by atoms with Crippen LogP contribution in [0.4, 0.5) is 0 Å². The Balaban J connectivity index is 1.27. The number of hydrogen-bond donors (Lipinski definition) is 3. The maximum absolute atomic E-state index is 13.6. The number of ether oxygens (including phenoxy) is 2. The Labute approximate surface area is 242 Å². The van der Waals surface area contributed by atoms with Gasteiger partial charge in [-0.05, 0) is 73.4 Å². The van der Waals surface area contributed by atoms with Crippen LogP contribution >= 0.6 is 0 Å². The summed E-state index contributed by atoms with van der Waals surface area (Å²) in [5.74, 6) is 0.873. The number of carbonyl (C=O) groups excluding carboxylic acids is 2. The molecule has 3 fully saturated rings. The number of aliphatic hydroxyl groups excluding tert-OH is 1. The van der Waals surface area contributed by atoms with E-state index in [1.807, 2.05) is 30.3 Å². The number of likely N-dealkylation sites (tertiary alicyclic amines) is 1. The lowest BCUT2D eigenvalue weighted by Crippen LogP contribution is -2.50. The van der Waals surface area contributed by atoms with E-state index in [0.717, 1.165) is 24.1 Å². The molecule has 2 aromatic rings. The molecule has 2 saturated heterocycles. The zero-order valence-electron chi connectivity index (χ0n) is 23.7. The number of pyridine rings is 1. The molecular weight excluding hydrogens is 520 g/mol. The first-order chi connectivity index (χ1) is 20.0. The fraction of sp³-hybridized carbons (Fsp3) is 0.594. The molecule has 0 unspecified atom stereocenters. The number of hydrogen-bond acceptors (Lipinski definition) is 7. The lowest BCUT2D eigenvalue weighted by molar-refractivity contribution is -0.133. The summed E-state index contributed by atoms with van der Waals surface area (Å²) >= 11 is 0. The summed E-state index contributed by atoms with van der Waals surface area (Å²) in [7, 11) is 0. The van der Waals surface area contributed by atoms with Crippen LogP contribution in [0.15, 0.2) is 42.7 Å². The minimum atomic E-state index is -0.607. The third-order valence-corrected chi connectivity index (χ3v) is 9.25. The van der Waals surface area contributed by atoms with Crippen molar-refractivity contribution in [3.05, 3.63) is 48.3 Å². The highest BCUT2D eigenvalue weighted by atomic mass is 16.5. The molecule has 1 aromatic carbocycles. The van der Waals surface area contributed by atoms with Gasteiger partial charge >= 0.3 is 0 Å². The highest BCUT2D eigenvalue weighted by Crippen LogP contribution is 2.31. The first kappa shape index (κ1) is 28.1. The number of fused-ring (bicyclic) bond motifs is 5. The molecule has 9 nitrogen and oxygen atoms in total. The summed E-state index contributed by atoms with van der Waals surface area (Å²) in [6.07, 6.45) is 11.0. The summed E-state index contributed by atoms with van der Waals surface area (Å²) < 4.78 is 12.5. The average Bonchev–Trinajstić information content (AvgIpc) is 3.39. The maximum atomic E-state index is 13.6. The SMILES string of the molecule is O=C1N[C@H]2C[C@@H](C(=O)NC[C@H]3O[C@H](CCOc4cc(-c5ccncc5)ccc41)CC[C@@H]3O)N(CC1CCCCC1)C2. The number of carbonyl (C=O) groups is 2. The van der Waals surface area contributed by atoms with E-state index in [4.69, 9.17) is 9.47 Å². The molecule has 41 heavy (non-hydrogen) atoms. The quantitative estimate of drug-likeness (QED) is 0.526. The van der Waals surface area contributed by atoms with Crippen molar-refractivity contribution in [1.29, 1.82) is 0 Å². The fourth-order valence-electron chi connectivity index (χ4n) is 6.96. The maximum Gasteiger partial charge on any atom is 0.255 e. The van der Waals surface area contributed by atoms with E-state index in [1.54, 1.807) is 12.4 Å². The van der Waals surface area contributed by atoms with E-state index >= 15 is 0 Å². The zero-order chi connectivity index (χ0) is 28.2. The van der Waals surface area contributed by atoms with Crippen LogP contribution in [0.2, 0.25) is 0 Å². The Morgan fingerprint density at radius 1 is 0.976 bits per heavy atom. The molecule has 0 spiro atoms. The first-order valence-corrected chi connectivity index (χ1v) is 15.4. The van der Waals surface area contributed by atoms with Crippen LogP contribution in [0.3, 0.4) is 0 Å². The van der Waals surface area contributed by atoms with E-state index < -0.39 is 12.2 Å². The molecule has 1 aliphatic carbocycles. The molecule has 1 aromatic heterocycles. The van der Waals surface area contributed by atoms with Crippen molar-refractivity contribution in [2.45, 2.75) is 88.2 Å². The average molecular weight is 563 g/mol. The van der Waals surface area contributed by atoms with Crippen molar-refractivity contribution in [3.8, 4) is 16.9 Å². The Kier molecular flexibility index (Phi) is 8.84. The second-order valence-corrected chi connectivity index (χ2v) is 12.2. The van der Waals surface area contributed by atoms with Gasteiger partial charge in [-0.2, -0.15) is 0 Å². The van der Waals surface area contributed by atoms with E-state index in [-0.39, 0.29) is 36.5 Å². The van der Waals surface area contributed by atoms with Gasteiger partial charge in [-0.1, -0.05) is 25.3 Å². The van der Waals surface area contributed by atoms with Crippen LogP contribution < -0.4 is 15.4 Å². The number of aromatic nitrogens is 1. The van der Waals surface area contributed by atoms with Crippen molar-refractivity contribution in [3.63, 3.8) is 0 Å². The summed E-state index contributed by atoms with van der Waals surface area (Å²) in [6, 6.07) is 9.08. The van der Waals surface area contributed by atoms with Crippen molar-refractivity contribution < 1.29 is 24.2 Å². The second-order valence-electron chi connectivity index (χ2n) is 12.2. The van der Waals surface area contributed by atoms with Gasteiger partial charge in [0.25, 0.3) is 5.91 Å². The summed E-state index contributed by atoms with van der Waals surface area (Å²) in [4.78, 5) is 33.5.